The molecule has 576 valence electrons. The molecular formula is C78H152O17P2. The number of phosphoric acid groups is 2. The molecule has 0 aliphatic rings. The number of carbonyl (C=O) groups is 4. The Hall–Kier alpha value is -1.94. The molecule has 7 atom stereocenters. The van der Waals surface area contributed by atoms with Crippen molar-refractivity contribution in [1.82, 2.24) is 0 Å². The van der Waals surface area contributed by atoms with E-state index >= 15 is 0 Å². The fourth-order valence-corrected chi connectivity index (χ4v) is 13.4. The topological polar surface area (TPSA) is 237 Å². The molecule has 17 nitrogen and oxygen atoms in total. The van der Waals surface area contributed by atoms with E-state index < -0.39 is 97.5 Å². The molecule has 0 radical (unpaired) electrons. The molecule has 3 N–H and O–H groups in total. The first-order valence-corrected chi connectivity index (χ1v) is 43.3. The lowest BCUT2D eigenvalue weighted by molar-refractivity contribution is -0.161. The van der Waals surface area contributed by atoms with Crippen LogP contribution in [0.1, 0.15) is 396 Å². The van der Waals surface area contributed by atoms with Crippen LogP contribution in [0.4, 0.5) is 0 Å². The van der Waals surface area contributed by atoms with E-state index in [1.807, 2.05) is 0 Å². The maximum atomic E-state index is 13.1. The second-order valence-corrected chi connectivity index (χ2v) is 32.4. The van der Waals surface area contributed by atoms with E-state index in [1.165, 1.54) is 193 Å². The third kappa shape index (κ3) is 69.5. The summed E-state index contributed by atoms with van der Waals surface area (Å²) < 4.78 is 68.6. The van der Waals surface area contributed by atoms with Crippen LogP contribution in [0.3, 0.4) is 0 Å². The van der Waals surface area contributed by atoms with Gasteiger partial charge in [0, 0.05) is 25.7 Å². The van der Waals surface area contributed by atoms with Crippen molar-refractivity contribution in [1.29, 1.82) is 0 Å². The number of phosphoric ester groups is 2. The molecular weight excluding hydrogens is 1270 g/mol. The van der Waals surface area contributed by atoms with Crippen molar-refractivity contribution < 1.29 is 80.2 Å². The van der Waals surface area contributed by atoms with Crippen molar-refractivity contribution in [3.63, 3.8) is 0 Å². The van der Waals surface area contributed by atoms with Crippen molar-refractivity contribution >= 4 is 39.5 Å². The lowest BCUT2D eigenvalue weighted by Crippen LogP contribution is -2.30. The molecule has 0 rings (SSSR count). The molecule has 0 aromatic rings. The van der Waals surface area contributed by atoms with Gasteiger partial charge in [-0.2, -0.15) is 0 Å². The van der Waals surface area contributed by atoms with Gasteiger partial charge < -0.3 is 33.8 Å². The number of carbonyl (C=O) groups excluding carboxylic acids is 4. The van der Waals surface area contributed by atoms with E-state index in [0.29, 0.717) is 25.7 Å². The highest BCUT2D eigenvalue weighted by atomic mass is 31.2. The molecule has 0 amide bonds. The molecule has 0 fully saturated rings. The number of aliphatic hydroxyl groups excluding tert-OH is 1. The summed E-state index contributed by atoms with van der Waals surface area (Å²) in [6.07, 6.45) is 52.6. The van der Waals surface area contributed by atoms with Gasteiger partial charge in [0.05, 0.1) is 26.4 Å². The molecule has 0 aromatic heterocycles. The quantitative estimate of drug-likeness (QED) is 0.0222. The van der Waals surface area contributed by atoms with Gasteiger partial charge in [-0.1, -0.05) is 344 Å². The number of hydrogen-bond donors (Lipinski definition) is 3. The van der Waals surface area contributed by atoms with Gasteiger partial charge in [-0.15, -0.1) is 0 Å². The number of unbranched alkanes of at least 4 members (excludes halogenated alkanes) is 39. The van der Waals surface area contributed by atoms with Crippen molar-refractivity contribution in [3.8, 4) is 0 Å². The number of rotatable bonds is 75. The van der Waals surface area contributed by atoms with Gasteiger partial charge in [0.15, 0.2) is 12.2 Å². The van der Waals surface area contributed by atoms with Crippen LogP contribution in [0.5, 0.6) is 0 Å². The zero-order valence-electron chi connectivity index (χ0n) is 63.7. The highest BCUT2D eigenvalue weighted by molar-refractivity contribution is 7.47. The normalized spacial score (nSPS) is 14.6. The number of hydrogen-bond acceptors (Lipinski definition) is 15. The van der Waals surface area contributed by atoms with Gasteiger partial charge in [-0.3, -0.25) is 37.3 Å². The first kappa shape index (κ1) is 95.1. The molecule has 0 aliphatic heterocycles. The summed E-state index contributed by atoms with van der Waals surface area (Å²) in [6.45, 7) is 14.2. The molecule has 97 heavy (non-hydrogen) atoms. The van der Waals surface area contributed by atoms with Gasteiger partial charge in [0.2, 0.25) is 0 Å². The van der Waals surface area contributed by atoms with Crippen LogP contribution in [0.15, 0.2) is 0 Å². The van der Waals surface area contributed by atoms with Crippen LogP contribution in [0, 0.1) is 23.7 Å². The van der Waals surface area contributed by atoms with E-state index in [0.717, 1.165) is 120 Å². The van der Waals surface area contributed by atoms with Crippen molar-refractivity contribution in [3.05, 3.63) is 0 Å². The highest BCUT2D eigenvalue weighted by Crippen LogP contribution is 2.45. The van der Waals surface area contributed by atoms with E-state index in [4.69, 9.17) is 37.0 Å². The smallest absolute Gasteiger partial charge is 0.462 e. The van der Waals surface area contributed by atoms with Gasteiger partial charge in [0.25, 0.3) is 0 Å². The summed E-state index contributed by atoms with van der Waals surface area (Å²) >= 11 is 0. The van der Waals surface area contributed by atoms with Crippen LogP contribution in [-0.2, 0) is 65.4 Å². The minimum atomic E-state index is -4.96. The molecule has 0 saturated heterocycles. The summed E-state index contributed by atoms with van der Waals surface area (Å²) in [5.74, 6) is 1.00. The minimum Gasteiger partial charge on any atom is -0.462 e. The molecule has 0 saturated carbocycles. The molecule has 19 heteroatoms. The number of esters is 4. The Morgan fingerprint density at radius 2 is 0.495 bits per heavy atom. The molecule has 0 spiro atoms. The largest absolute Gasteiger partial charge is 0.472 e. The summed E-state index contributed by atoms with van der Waals surface area (Å²) in [4.78, 5) is 72.9. The lowest BCUT2D eigenvalue weighted by Gasteiger charge is -2.21. The minimum absolute atomic E-state index is 0.106. The van der Waals surface area contributed by atoms with Gasteiger partial charge in [-0.25, -0.2) is 9.13 Å². The fourth-order valence-electron chi connectivity index (χ4n) is 11.8. The third-order valence-corrected chi connectivity index (χ3v) is 20.7. The SMILES string of the molecule is CCC(C)CCCCCCCCCCCCCCCCC(=O)OC[C@H](COP(=O)(O)OC[C@@H](O)COP(=O)(O)OC[C@@H](COC(=O)CCCCCCCCC(C)CC)OC(=O)CCCCCCCCCCCCCCC(C)C)OC(=O)CCCCCCCCCCCCCC(C)C. The maximum absolute atomic E-state index is 13.1. The van der Waals surface area contributed by atoms with E-state index in [9.17, 15) is 43.2 Å². The summed E-state index contributed by atoms with van der Waals surface area (Å²) in [6, 6.07) is 0. The average Bonchev–Trinajstić information content (AvgIpc) is 1.24. The Kier molecular flexibility index (Phi) is 65.9. The van der Waals surface area contributed by atoms with E-state index in [-0.39, 0.29) is 25.7 Å². The van der Waals surface area contributed by atoms with Crippen molar-refractivity contribution in [2.75, 3.05) is 39.6 Å². The molecule has 0 aromatic carbocycles. The lowest BCUT2D eigenvalue weighted by atomic mass is 9.99. The van der Waals surface area contributed by atoms with Crippen LogP contribution < -0.4 is 0 Å². The number of aliphatic hydroxyl groups is 1. The number of ether oxygens (including phenoxy) is 4. The summed E-state index contributed by atoms with van der Waals surface area (Å²) in [7, 11) is -9.92. The predicted molar refractivity (Wildman–Crippen MR) is 395 cm³/mol. The Labute approximate surface area is 594 Å². The first-order valence-electron chi connectivity index (χ1n) is 40.3. The maximum Gasteiger partial charge on any atom is 0.472 e. The average molecular weight is 1420 g/mol. The van der Waals surface area contributed by atoms with Crippen LogP contribution in [-0.4, -0.2) is 96.7 Å². The third-order valence-electron chi connectivity index (χ3n) is 18.8. The first-order chi connectivity index (χ1) is 46.7. The Bertz CT molecular complexity index is 1910. The highest BCUT2D eigenvalue weighted by Gasteiger charge is 2.30. The Morgan fingerprint density at radius 1 is 0.289 bits per heavy atom. The Morgan fingerprint density at radius 3 is 0.732 bits per heavy atom. The van der Waals surface area contributed by atoms with Crippen LogP contribution in [0.2, 0.25) is 0 Å². The fraction of sp³-hybridized carbons (Fsp3) is 0.949. The molecule has 0 bridgehead atoms. The van der Waals surface area contributed by atoms with Crippen molar-refractivity contribution in [2.45, 2.75) is 414 Å². The zero-order valence-corrected chi connectivity index (χ0v) is 65.5. The summed E-state index contributed by atoms with van der Waals surface area (Å²) in [5.41, 5.74) is 0. The zero-order chi connectivity index (χ0) is 71.7. The van der Waals surface area contributed by atoms with Gasteiger partial charge >= 0.3 is 39.5 Å². The van der Waals surface area contributed by atoms with E-state index in [1.54, 1.807) is 0 Å². The second kappa shape index (κ2) is 67.2. The van der Waals surface area contributed by atoms with E-state index in [2.05, 4.69) is 55.4 Å². The standard InChI is InChI=1S/C78H152O17P2/c1-9-70(7)56-48-40-32-26-20-13-11-12-14-21-27-33-42-50-58-75(80)88-64-73(94-78(83)61-53-45-35-29-23-17-19-25-31-39-47-55-69(5)6)66-92-96(84,85)90-62-72(79)63-91-97(86,87)93-67-74(65-89-76(81)59-51-43-37-36-41-49-57-71(8)10-2)95-77(82)60-52-44-34-28-22-16-15-18-24-30-38-46-54-68(3)4/h68-74,79H,9-67H2,1-8H3,(H,84,85)(H,86,87)/t70?,71?,72-,73-,74-/m1/s1. The van der Waals surface area contributed by atoms with Crippen LogP contribution in [0.25, 0.3) is 0 Å². The predicted octanol–water partition coefficient (Wildman–Crippen LogP) is 22.8. The van der Waals surface area contributed by atoms with Gasteiger partial charge in [0.1, 0.15) is 19.3 Å². The second-order valence-electron chi connectivity index (χ2n) is 29.5. The molecule has 4 unspecified atom stereocenters. The molecule has 0 aliphatic carbocycles. The van der Waals surface area contributed by atoms with Crippen LogP contribution >= 0.6 is 15.6 Å². The van der Waals surface area contributed by atoms with Crippen molar-refractivity contribution in [2.24, 2.45) is 23.7 Å². The monoisotopic (exact) mass is 1420 g/mol. The van der Waals surface area contributed by atoms with Gasteiger partial charge in [-0.05, 0) is 49.4 Å². The molecule has 0 heterocycles. The summed E-state index contributed by atoms with van der Waals surface area (Å²) in [5, 5.41) is 10.6. The Balaban J connectivity index is 5.25.